The van der Waals surface area contributed by atoms with Gasteiger partial charge in [-0.3, -0.25) is 0 Å². The minimum atomic E-state index is -3.79. The molecule has 0 radical (unpaired) electrons. The lowest BCUT2D eigenvalue weighted by Gasteiger charge is -2.17. The van der Waals surface area contributed by atoms with Crippen LogP contribution in [0.3, 0.4) is 0 Å². The molecule has 0 saturated carbocycles. The van der Waals surface area contributed by atoms with Gasteiger partial charge >= 0.3 is 0 Å². The summed E-state index contributed by atoms with van der Waals surface area (Å²) in [5, 5.41) is 0. The Labute approximate surface area is 119 Å². The highest BCUT2D eigenvalue weighted by Gasteiger charge is 2.21. The van der Waals surface area contributed by atoms with Crippen LogP contribution in [0.4, 0.5) is 10.1 Å². The normalized spacial score (nSPS) is 13.2. The summed E-state index contributed by atoms with van der Waals surface area (Å²) in [6.07, 6.45) is 2.26. The van der Waals surface area contributed by atoms with Crippen molar-refractivity contribution in [2.75, 3.05) is 12.8 Å². The first kappa shape index (κ1) is 16.7. The fourth-order valence-electron chi connectivity index (χ4n) is 1.94. The number of nitrogen functional groups attached to an aromatic ring is 1. The Morgan fingerprint density at radius 3 is 2.50 bits per heavy atom. The molecule has 0 fully saturated rings. The minimum Gasteiger partial charge on any atom is -0.492 e. The maximum atomic E-state index is 13.7. The average molecular weight is 304 g/mol. The molecule has 114 valence electrons. The van der Waals surface area contributed by atoms with E-state index >= 15 is 0 Å². The molecule has 0 spiro atoms. The van der Waals surface area contributed by atoms with Crippen molar-refractivity contribution in [2.24, 2.45) is 0 Å². The van der Waals surface area contributed by atoms with Gasteiger partial charge in [-0.1, -0.05) is 20.3 Å². The lowest BCUT2D eigenvalue weighted by atomic mass is 10.1. The van der Waals surface area contributed by atoms with Gasteiger partial charge in [-0.05, 0) is 25.0 Å². The molecule has 5 nitrogen and oxygen atoms in total. The molecule has 0 bridgehead atoms. The number of rotatable bonds is 7. The van der Waals surface area contributed by atoms with Crippen molar-refractivity contribution in [3.05, 3.63) is 17.9 Å². The van der Waals surface area contributed by atoms with Gasteiger partial charge in [0.05, 0.1) is 17.7 Å². The van der Waals surface area contributed by atoms with Gasteiger partial charge in [-0.25, -0.2) is 17.5 Å². The Morgan fingerprint density at radius 2 is 2.05 bits per heavy atom. The number of nitrogens with one attached hydrogen (secondary N) is 1. The maximum Gasteiger partial charge on any atom is 0.241 e. The van der Waals surface area contributed by atoms with E-state index in [2.05, 4.69) is 4.72 Å². The van der Waals surface area contributed by atoms with Crippen LogP contribution in [0.25, 0.3) is 0 Å². The van der Waals surface area contributed by atoms with Crippen LogP contribution in [0, 0.1) is 5.82 Å². The Bertz CT molecular complexity index is 538. The highest BCUT2D eigenvalue weighted by molar-refractivity contribution is 7.89. The average Bonchev–Trinajstić information content (AvgIpc) is 2.37. The van der Waals surface area contributed by atoms with E-state index in [0.717, 1.165) is 18.9 Å². The Hall–Kier alpha value is -1.34. The molecule has 0 aliphatic rings. The van der Waals surface area contributed by atoms with E-state index < -0.39 is 15.8 Å². The van der Waals surface area contributed by atoms with Gasteiger partial charge in [-0.15, -0.1) is 0 Å². The summed E-state index contributed by atoms with van der Waals surface area (Å²) in [4.78, 5) is -0.192. The summed E-state index contributed by atoms with van der Waals surface area (Å²) in [5.41, 5.74) is 5.55. The first-order valence-electron chi connectivity index (χ1n) is 6.51. The molecule has 1 rings (SSSR count). The van der Waals surface area contributed by atoms with Gasteiger partial charge in [0.1, 0.15) is 0 Å². The van der Waals surface area contributed by atoms with Crippen molar-refractivity contribution in [2.45, 2.75) is 44.0 Å². The third-order valence-electron chi connectivity index (χ3n) is 3.01. The third-order valence-corrected chi connectivity index (χ3v) is 4.51. The zero-order valence-corrected chi connectivity index (χ0v) is 12.8. The lowest BCUT2D eigenvalue weighted by molar-refractivity contribution is 0.388. The lowest BCUT2D eigenvalue weighted by Crippen LogP contribution is -2.34. The van der Waals surface area contributed by atoms with Crippen LogP contribution in [0.1, 0.15) is 33.1 Å². The topological polar surface area (TPSA) is 81.4 Å². The van der Waals surface area contributed by atoms with E-state index in [1.807, 2.05) is 13.8 Å². The molecule has 0 saturated heterocycles. The molecule has 0 amide bonds. The van der Waals surface area contributed by atoms with Crippen LogP contribution in [-0.2, 0) is 10.0 Å². The summed E-state index contributed by atoms with van der Waals surface area (Å²) in [6, 6.07) is 1.94. The predicted octanol–water partition coefficient (Wildman–Crippen LogP) is 2.27. The number of sulfonamides is 1. The second-order valence-corrected chi connectivity index (χ2v) is 6.26. The van der Waals surface area contributed by atoms with E-state index in [1.165, 1.54) is 13.2 Å². The smallest absolute Gasteiger partial charge is 0.241 e. The summed E-state index contributed by atoms with van der Waals surface area (Å²) in [5.74, 6) is -0.944. The highest BCUT2D eigenvalue weighted by atomic mass is 32.2. The number of hydrogen-bond acceptors (Lipinski definition) is 4. The fourth-order valence-corrected chi connectivity index (χ4v) is 3.34. The molecule has 0 aliphatic carbocycles. The monoisotopic (exact) mass is 304 g/mol. The number of hydrogen-bond donors (Lipinski definition) is 2. The van der Waals surface area contributed by atoms with Gasteiger partial charge in [0.15, 0.2) is 11.6 Å². The SMILES string of the molecule is CCCC(CC)NS(=O)(=O)c1cc(N)c(OC)c(F)c1. The number of halogens is 1. The van der Waals surface area contributed by atoms with E-state index in [9.17, 15) is 12.8 Å². The van der Waals surface area contributed by atoms with E-state index in [0.29, 0.717) is 6.42 Å². The van der Waals surface area contributed by atoms with Crippen molar-refractivity contribution >= 4 is 15.7 Å². The summed E-state index contributed by atoms with van der Waals surface area (Å²) < 4.78 is 45.5. The van der Waals surface area contributed by atoms with Gasteiger partial charge in [0, 0.05) is 6.04 Å². The zero-order valence-electron chi connectivity index (χ0n) is 11.9. The number of methoxy groups -OCH3 is 1. The molecule has 3 N–H and O–H groups in total. The van der Waals surface area contributed by atoms with Crippen molar-refractivity contribution in [3.63, 3.8) is 0 Å². The Kier molecular flexibility index (Phi) is 5.76. The van der Waals surface area contributed by atoms with E-state index in [-0.39, 0.29) is 22.4 Å². The van der Waals surface area contributed by atoms with Crippen molar-refractivity contribution in [1.82, 2.24) is 4.72 Å². The molecule has 0 aliphatic heterocycles. The fraction of sp³-hybridized carbons (Fsp3) is 0.538. The second kappa shape index (κ2) is 6.90. The predicted molar refractivity (Wildman–Crippen MR) is 76.7 cm³/mol. The Balaban J connectivity index is 3.10. The first-order chi connectivity index (χ1) is 9.35. The summed E-state index contributed by atoms with van der Waals surface area (Å²) in [7, 11) is -2.52. The van der Waals surface area contributed by atoms with Crippen molar-refractivity contribution < 1.29 is 17.5 Å². The van der Waals surface area contributed by atoms with Crippen LogP contribution in [0.2, 0.25) is 0 Å². The van der Waals surface area contributed by atoms with E-state index in [1.54, 1.807) is 0 Å². The molecule has 0 heterocycles. The van der Waals surface area contributed by atoms with Crippen LogP contribution in [-0.4, -0.2) is 21.6 Å². The van der Waals surface area contributed by atoms with Crippen LogP contribution >= 0.6 is 0 Å². The summed E-state index contributed by atoms with van der Waals surface area (Å²) >= 11 is 0. The molecular formula is C13H21FN2O3S. The maximum absolute atomic E-state index is 13.7. The molecule has 0 aromatic heterocycles. The third kappa shape index (κ3) is 3.83. The van der Waals surface area contributed by atoms with Gasteiger partial charge in [0.2, 0.25) is 10.0 Å². The van der Waals surface area contributed by atoms with Crippen molar-refractivity contribution in [3.8, 4) is 5.75 Å². The molecule has 1 unspecified atom stereocenters. The molecular weight excluding hydrogens is 283 g/mol. The molecule has 20 heavy (non-hydrogen) atoms. The molecule has 7 heteroatoms. The zero-order chi connectivity index (χ0) is 15.3. The number of benzene rings is 1. The van der Waals surface area contributed by atoms with Crippen LogP contribution < -0.4 is 15.2 Å². The van der Waals surface area contributed by atoms with E-state index in [4.69, 9.17) is 10.5 Å². The highest BCUT2D eigenvalue weighted by Crippen LogP contribution is 2.28. The van der Waals surface area contributed by atoms with Gasteiger partial charge < -0.3 is 10.5 Å². The van der Waals surface area contributed by atoms with Gasteiger partial charge in [-0.2, -0.15) is 0 Å². The number of nitrogens with two attached hydrogens (primary N) is 1. The van der Waals surface area contributed by atoms with Crippen LogP contribution in [0.5, 0.6) is 5.75 Å². The number of anilines is 1. The first-order valence-corrected chi connectivity index (χ1v) is 7.99. The Morgan fingerprint density at radius 1 is 1.40 bits per heavy atom. The van der Waals surface area contributed by atoms with Crippen LogP contribution in [0.15, 0.2) is 17.0 Å². The summed E-state index contributed by atoms with van der Waals surface area (Å²) in [6.45, 7) is 3.87. The largest absolute Gasteiger partial charge is 0.492 e. The minimum absolute atomic E-state index is 0.0450. The van der Waals surface area contributed by atoms with Gasteiger partial charge in [0.25, 0.3) is 0 Å². The quantitative estimate of drug-likeness (QED) is 0.757. The van der Waals surface area contributed by atoms with Crippen molar-refractivity contribution in [1.29, 1.82) is 0 Å². The second-order valence-electron chi connectivity index (χ2n) is 4.54. The standard InChI is InChI=1S/C13H21FN2O3S/c1-4-6-9(5-2)16-20(17,18)10-7-11(14)13(19-3)12(15)8-10/h7-9,16H,4-6,15H2,1-3H3. The molecule has 1 atom stereocenters. The molecule has 1 aromatic carbocycles. The molecule has 1 aromatic rings. The number of ether oxygens (including phenoxy) is 1.